The normalized spacial score (nSPS) is 27.8. The van der Waals surface area contributed by atoms with E-state index in [1.807, 2.05) is 11.8 Å². The molecule has 0 spiro atoms. The molecule has 0 aromatic rings. The van der Waals surface area contributed by atoms with Gasteiger partial charge in [-0.3, -0.25) is 4.79 Å². The molecule has 2 nitrogen and oxygen atoms in total. The Hall–Kier alpha value is -0.280. The molecule has 15 heavy (non-hydrogen) atoms. The zero-order valence-electron chi connectivity index (χ0n) is 9.29. The molecule has 0 amide bonds. The monoisotopic (exact) mass is 225 g/mol. The Balaban J connectivity index is 1.83. The first-order valence-electron chi connectivity index (χ1n) is 5.82. The Bertz CT molecular complexity index is 269. The van der Waals surface area contributed by atoms with Crippen LogP contribution in [0.4, 0.5) is 0 Å². The summed E-state index contributed by atoms with van der Waals surface area (Å²) in [6, 6.07) is 0. The maximum Gasteiger partial charge on any atom is 0.140 e. The van der Waals surface area contributed by atoms with E-state index in [1.165, 1.54) is 4.91 Å². The van der Waals surface area contributed by atoms with E-state index in [-0.39, 0.29) is 0 Å². The molecule has 0 radical (unpaired) electrons. The van der Waals surface area contributed by atoms with Crippen LogP contribution in [-0.4, -0.2) is 24.6 Å². The lowest BCUT2D eigenvalue weighted by Gasteiger charge is -2.21. The van der Waals surface area contributed by atoms with Crippen LogP contribution in [0.3, 0.4) is 0 Å². The number of Topliss-reactive ketones (excluding diaryl/α,β-unsaturated/α-hetero) is 1. The number of nitrogens with one attached hydrogen (secondary N) is 1. The molecule has 0 bridgehead atoms. The number of thioether (sulfide) groups is 1. The first-order valence-corrected chi connectivity index (χ1v) is 6.81. The highest BCUT2D eigenvalue weighted by atomic mass is 32.2. The summed E-state index contributed by atoms with van der Waals surface area (Å²) in [7, 11) is 0. The second kappa shape index (κ2) is 5.17. The molecule has 1 unspecified atom stereocenters. The van der Waals surface area contributed by atoms with Gasteiger partial charge >= 0.3 is 0 Å². The largest absolute Gasteiger partial charge is 0.317 e. The van der Waals surface area contributed by atoms with Crippen LogP contribution in [0.5, 0.6) is 0 Å². The lowest BCUT2D eigenvalue weighted by molar-refractivity contribution is -0.122. The van der Waals surface area contributed by atoms with E-state index >= 15 is 0 Å². The zero-order chi connectivity index (χ0) is 10.7. The van der Waals surface area contributed by atoms with E-state index in [1.54, 1.807) is 0 Å². The highest BCUT2D eigenvalue weighted by Gasteiger charge is 2.23. The van der Waals surface area contributed by atoms with Crippen molar-refractivity contribution >= 4 is 17.5 Å². The number of piperidine rings is 1. The number of rotatable bonds is 3. The SMILES string of the molecule is CC1C=C(CC(=O)C2CCNCC2)SC1. The Labute approximate surface area is 95.9 Å². The molecule has 0 aromatic heterocycles. The maximum atomic E-state index is 12.0. The highest BCUT2D eigenvalue weighted by molar-refractivity contribution is 8.03. The summed E-state index contributed by atoms with van der Waals surface area (Å²) in [5.41, 5.74) is 0. The van der Waals surface area contributed by atoms with Crippen molar-refractivity contribution in [3.63, 3.8) is 0 Å². The smallest absolute Gasteiger partial charge is 0.140 e. The van der Waals surface area contributed by atoms with E-state index in [9.17, 15) is 4.79 Å². The van der Waals surface area contributed by atoms with Crippen LogP contribution < -0.4 is 5.32 Å². The molecule has 2 rings (SSSR count). The second-order valence-corrected chi connectivity index (χ2v) is 5.74. The minimum absolute atomic E-state index is 0.323. The standard InChI is InChI=1S/C12H19NOS/c1-9-6-11(15-8-9)7-12(14)10-2-4-13-5-3-10/h6,9-10,13H,2-5,7-8H2,1H3. The molecule has 1 saturated heterocycles. The molecular weight excluding hydrogens is 206 g/mol. The first kappa shape index (κ1) is 11.2. The molecule has 2 aliphatic rings. The van der Waals surface area contributed by atoms with Crippen LogP contribution in [0.1, 0.15) is 26.2 Å². The number of ketones is 1. The van der Waals surface area contributed by atoms with Crippen LogP contribution in [0, 0.1) is 11.8 Å². The van der Waals surface area contributed by atoms with Crippen LogP contribution in [-0.2, 0) is 4.79 Å². The molecule has 1 fully saturated rings. The second-order valence-electron chi connectivity index (χ2n) is 4.59. The number of carbonyl (C=O) groups excluding carboxylic acids is 1. The van der Waals surface area contributed by atoms with Gasteiger partial charge in [-0.15, -0.1) is 11.8 Å². The molecule has 3 heteroatoms. The maximum absolute atomic E-state index is 12.0. The Morgan fingerprint density at radius 1 is 1.53 bits per heavy atom. The number of carbonyl (C=O) groups is 1. The van der Waals surface area contributed by atoms with E-state index in [0.29, 0.717) is 24.0 Å². The lowest BCUT2D eigenvalue weighted by atomic mass is 9.91. The summed E-state index contributed by atoms with van der Waals surface area (Å²) in [6.07, 6.45) is 5.03. The predicted octanol–water partition coefficient (Wildman–Crippen LogP) is 2.21. The van der Waals surface area contributed by atoms with Crippen molar-refractivity contribution in [2.45, 2.75) is 26.2 Å². The van der Waals surface area contributed by atoms with Crippen molar-refractivity contribution in [1.29, 1.82) is 0 Å². The predicted molar refractivity (Wildman–Crippen MR) is 64.9 cm³/mol. The van der Waals surface area contributed by atoms with Gasteiger partial charge in [-0.2, -0.15) is 0 Å². The van der Waals surface area contributed by atoms with Gasteiger partial charge in [0, 0.05) is 18.1 Å². The van der Waals surface area contributed by atoms with E-state index in [2.05, 4.69) is 18.3 Å². The zero-order valence-corrected chi connectivity index (χ0v) is 10.1. The van der Waals surface area contributed by atoms with Crippen LogP contribution in [0.25, 0.3) is 0 Å². The quantitative estimate of drug-likeness (QED) is 0.798. The van der Waals surface area contributed by atoms with Crippen molar-refractivity contribution in [3.05, 3.63) is 11.0 Å². The fraction of sp³-hybridized carbons (Fsp3) is 0.750. The topological polar surface area (TPSA) is 29.1 Å². The summed E-state index contributed by atoms with van der Waals surface area (Å²) in [5.74, 6) is 2.60. The summed E-state index contributed by atoms with van der Waals surface area (Å²) >= 11 is 1.87. The van der Waals surface area contributed by atoms with Gasteiger partial charge in [0.2, 0.25) is 0 Å². The van der Waals surface area contributed by atoms with E-state index in [4.69, 9.17) is 0 Å². The van der Waals surface area contributed by atoms with Gasteiger partial charge in [0.15, 0.2) is 0 Å². The summed E-state index contributed by atoms with van der Waals surface area (Å²) in [6.45, 7) is 4.24. The average Bonchev–Trinajstić information content (AvgIpc) is 2.65. The van der Waals surface area contributed by atoms with Gasteiger partial charge in [0.25, 0.3) is 0 Å². The van der Waals surface area contributed by atoms with Crippen LogP contribution in [0.2, 0.25) is 0 Å². The van der Waals surface area contributed by atoms with Gasteiger partial charge in [-0.05, 0) is 36.8 Å². The molecule has 0 aliphatic carbocycles. The van der Waals surface area contributed by atoms with Gasteiger partial charge in [-0.25, -0.2) is 0 Å². The number of hydrogen-bond donors (Lipinski definition) is 1. The summed E-state index contributed by atoms with van der Waals surface area (Å²) in [4.78, 5) is 13.3. The average molecular weight is 225 g/mol. The molecule has 1 atom stereocenters. The minimum Gasteiger partial charge on any atom is -0.317 e. The van der Waals surface area contributed by atoms with Crippen LogP contribution in [0.15, 0.2) is 11.0 Å². The molecule has 0 saturated carbocycles. The van der Waals surface area contributed by atoms with Crippen molar-refractivity contribution in [3.8, 4) is 0 Å². The molecular formula is C12H19NOS. The molecule has 2 heterocycles. The van der Waals surface area contributed by atoms with Crippen LogP contribution >= 0.6 is 11.8 Å². The summed E-state index contributed by atoms with van der Waals surface area (Å²) in [5, 5.41) is 3.30. The van der Waals surface area contributed by atoms with Gasteiger partial charge < -0.3 is 5.32 Å². The Kier molecular flexibility index (Phi) is 3.87. The van der Waals surface area contributed by atoms with Crippen molar-refractivity contribution < 1.29 is 4.79 Å². The lowest BCUT2D eigenvalue weighted by Crippen LogP contribution is -2.31. The third-order valence-electron chi connectivity index (χ3n) is 3.14. The number of hydrogen-bond acceptors (Lipinski definition) is 3. The third-order valence-corrected chi connectivity index (χ3v) is 4.49. The third kappa shape index (κ3) is 3.08. The summed E-state index contributed by atoms with van der Waals surface area (Å²) < 4.78 is 0. The Morgan fingerprint density at radius 3 is 2.87 bits per heavy atom. The number of allylic oxidation sites excluding steroid dienone is 2. The van der Waals surface area contributed by atoms with Crippen molar-refractivity contribution in [2.24, 2.45) is 11.8 Å². The van der Waals surface area contributed by atoms with Gasteiger partial charge in [0.05, 0.1) is 0 Å². The Morgan fingerprint density at radius 2 is 2.27 bits per heavy atom. The first-order chi connectivity index (χ1) is 7.25. The van der Waals surface area contributed by atoms with Crippen molar-refractivity contribution in [2.75, 3.05) is 18.8 Å². The van der Waals surface area contributed by atoms with Gasteiger partial charge in [0.1, 0.15) is 5.78 Å². The minimum atomic E-state index is 0.323. The molecule has 0 aromatic carbocycles. The van der Waals surface area contributed by atoms with E-state index < -0.39 is 0 Å². The molecule has 2 aliphatic heterocycles. The molecule has 1 N–H and O–H groups in total. The van der Waals surface area contributed by atoms with E-state index in [0.717, 1.165) is 31.7 Å². The fourth-order valence-electron chi connectivity index (χ4n) is 2.22. The molecule has 84 valence electrons. The fourth-order valence-corrected chi connectivity index (χ4v) is 3.37. The van der Waals surface area contributed by atoms with Crippen molar-refractivity contribution in [1.82, 2.24) is 5.32 Å². The van der Waals surface area contributed by atoms with Gasteiger partial charge in [-0.1, -0.05) is 13.0 Å². The highest BCUT2D eigenvalue weighted by Crippen LogP contribution is 2.32.